The highest BCUT2D eigenvalue weighted by Crippen LogP contribution is 2.04. The number of nitrogens with zero attached hydrogens (tertiary/aromatic N) is 1. The lowest BCUT2D eigenvalue weighted by molar-refractivity contribution is 0.374. The Morgan fingerprint density at radius 1 is 1.44 bits per heavy atom. The number of rotatable bonds is 4. The molecule has 9 heavy (non-hydrogen) atoms. The summed E-state index contributed by atoms with van der Waals surface area (Å²) in [6.07, 6.45) is 3.53. The summed E-state index contributed by atoms with van der Waals surface area (Å²) in [7, 11) is 4.23. The van der Waals surface area contributed by atoms with Gasteiger partial charge in [0.1, 0.15) is 0 Å². The molecule has 0 spiro atoms. The van der Waals surface area contributed by atoms with Gasteiger partial charge in [0.25, 0.3) is 0 Å². The van der Waals surface area contributed by atoms with Gasteiger partial charge in [-0.2, -0.15) is 12.8 Å². The first-order chi connectivity index (χ1) is 4.16. The molecule has 0 saturated heterocycles. The highest BCUT2D eigenvalue weighted by molar-refractivity contribution is 4.66. The number of hydrogen-bond acceptors (Lipinski definition) is 1. The van der Waals surface area contributed by atoms with E-state index in [1.807, 2.05) is 0 Å². The second-order valence-corrected chi connectivity index (χ2v) is 2.90. The Kier molecular flexibility index (Phi) is 4.78. The minimum absolute atomic E-state index is 0.771. The van der Waals surface area contributed by atoms with Crippen molar-refractivity contribution in [2.24, 2.45) is 5.92 Å². The molecule has 0 fully saturated rings. The third-order valence-corrected chi connectivity index (χ3v) is 1.60. The normalized spacial score (nSPS) is 14.3. The molecule has 1 heteroatoms. The van der Waals surface area contributed by atoms with Gasteiger partial charge in [-0.25, -0.2) is 0 Å². The summed E-state index contributed by atoms with van der Waals surface area (Å²) in [6.45, 7) is 5.58. The molecule has 0 amide bonds. The molecule has 0 aliphatic carbocycles. The van der Waals surface area contributed by atoms with Crippen LogP contribution < -0.4 is 0 Å². The predicted octanol–water partition coefficient (Wildman–Crippen LogP) is 1.80. The summed E-state index contributed by atoms with van der Waals surface area (Å²) in [5.74, 6) is 0.771. The second-order valence-electron chi connectivity index (χ2n) is 2.90. The zero-order chi connectivity index (χ0) is 7.28. The zero-order valence-electron chi connectivity index (χ0n) is 7.02. The van der Waals surface area contributed by atoms with Crippen molar-refractivity contribution < 1.29 is 0 Å². The minimum Gasteiger partial charge on any atom is -0.329 e. The van der Waals surface area contributed by atoms with Crippen LogP contribution >= 0.6 is 0 Å². The molecule has 0 rings (SSSR count). The molecule has 0 heterocycles. The maximum Gasteiger partial charge on any atom is -0.00468 e. The molecule has 0 aliphatic heterocycles. The fourth-order valence-corrected chi connectivity index (χ4v) is 0.629. The highest BCUT2D eigenvalue weighted by atomic mass is 15.0. The maximum atomic E-state index is 2.25. The summed E-state index contributed by atoms with van der Waals surface area (Å²) in [6, 6.07) is 0. The van der Waals surface area contributed by atoms with Crippen LogP contribution in [0.15, 0.2) is 0 Å². The van der Waals surface area contributed by atoms with E-state index in [0.717, 1.165) is 5.92 Å². The monoisotopic (exact) mass is 128 g/mol. The van der Waals surface area contributed by atoms with Crippen molar-refractivity contribution in [3.05, 3.63) is 6.42 Å². The summed E-state index contributed by atoms with van der Waals surface area (Å²) in [5, 5.41) is 0. The summed E-state index contributed by atoms with van der Waals surface area (Å²) in [5.41, 5.74) is 0. The van der Waals surface area contributed by atoms with Crippen LogP contribution in [-0.4, -0.2) is 25.5 Å². The van der Waals surface area contributed by atoms with E-state index in [1.165, 1.54) is 13.0 Å². The van der Waals surface area contributed by atoms with Gasteiger partial charge in [-0.1, -0.05) is 13.3 Å². The standard InChI is InChI=1S/C8H18N/c1-5-8(2)6-7-9(3)4/h5,8H,6-7H2,1-4H3/q-1. The topological polar surface area (TPSA) is 3.24 Å². The van der Waals surface area contributed by atoms with E-state index in [9.17, 15) is 0 Å². The molecule has 0 aliphatic rings. The van der Waals surface area contributed by atoms with Crippen molar-refractivity contribution in [2.75, 3.05) is 20.6 Å². The predicted molar refractivity (Wildman–Crippen MR) is 42.3 cm³/mol. The van der Waals surface area contributed by atoms with Crippen molar-refractivity contribution in [1.29, 1.82) is 0 Å². The van der Waals surface area contributed by atoms with Crippen LogP contribution in [0.25, 0.3) is 0 Å². The van der Waals surface area contributed by atoms with E-state index < -0.39 is 0 Å². The molecular weight excluding hydrogens is 110 g/mol. The van der Waals surface area contributed by atoms with Crippen molar-refractivity contribution >= 4 is 0 Å². The van der Waals surface area contributed by atoms with Gasteiger partial charge in [-0.05, 0) is 20.6 Å². The van der Waals surface area contributed by atoms with Gasteiger partial charge < -0.3 is 11.3 Å². The lowest BCUT2D eigenvalue weighted by atomic mass is 10.1. The highest BCUT2D eigenvalue weighted by Gasteiger charge is 1.90. The third kappa shape index (κ3) is 5.84. The average molecular weight is 128 g/mol. The summed E-state index contributed by atoms with van der Waals surface area (Å²) >= 11 is 0. The van der Waals surface area contributed by atoms with Gasteiger partial charge >= 0.3 is 0 Å². The van der Waals surface area contributed by atoms with E-state index in [4.69, 9.17) is 0 Å². The van der Waals surface area contributed by atoms with Crippen LogP contribution in [0, 0.1) is 12.3 Å². The Morgan fingerprint density at radius 2 is 2.00 bits per heavy atom. The first-order valence-electron chi connectivity index (χ1n) is 3.61. The van der Waals surface area contributed by atoms with Crippen molar-refractivity contribution in [3.8, 4) is 0 Å². The van der Waals surface area contributed by atoms with E-state index >= 15 is 0 Å². The van der Waals surface area contributed by atoms with Crippen LogP contribution in [0.3, 0.4) is 0 Å². The molecule has 0 aromatic rings. The van der Waals surface area contributed by atoms with Gasteiger partial charge in [0.2, 0.25) is 0 Å². The van der Waals surface area contributed by atoms with Gasteiger partial charge in [0.05, 0.1) is 0 Å². The Balaban J connectivity index is 3.06. The van der Waals surface area contributed by atoms with Crippen LogP contribution in [-0.2, 0) is 0 Å². The molecule has 0 radical (unpaired) electrons. The van der Waals surface area contributed by atoms with Crippen LogP contribution in [0.4, 0.5) is 0 Å². The second kappa shape index (κ2) is 4.80. The van der Waals surface area contributed by atoms with Gasteiger partial charge in [-0.15, -0.1) is 0 Å². The van der Waals surface area contributed by atoms with Crippen molar-refractivity contribution in [3.63, 3.8) is 0 Å². The smallest absolute Gasteiger partial charge is 0.00468 e. The Labute approximate surface area is 59.1 Å². The SMILES string of the molecule is C[CH-]C(C)CCN(C)C. The fraction of sp³-hybridized carbons (Fsp3) is 0.875. The van der Waals surface area contributed by atoms with E-state index in [0.29, 0.717) is 0 Å². The number of hydrogen-bond donors (Lipinski definition) is 0. The Bertz CT molecular complexity index is 59.6. The van der Waals surface area contributed by atoms with E-state index in [-0.39, 0.29) is 0 Å². The maximum absolute atomic E-state index is 2.25. The molecule has 0 saturated carbocycles. The molecule has 0 aromatic carbocycles. The third-order valence-electron chi connectivity index (χ3n) is 1.60. The first-order valence-corrected chi connectivity index (χ1v) is 3.61. The molecule has 1 unspecified atom stereocenters. The summed E-state index contributed by atoms with van der Waals surface area (Å²) < 4.78 is 0. The van der Waals surface area contributed by atoms with Crippen molar-refractivity contribution in [1.82, 2.24) is 4.90 Å². The van der Waals surface area contributed by atoms with Gasteiger partial charge in [0, 0.05) is 0 Å². The van der Waals surface area contributed by atoms with Gasteiger partial charge in [-0.3, -0.25) is 0 Å². The lowest BCUT2D eigenvalue weighted by Gasteiger charge is -2.19. The molecule has 0 N–H and O–H groups in total. The zero-order valence-corrected chi connectivity index (χ0v) is 7.02. The Morgan fingerprint density at radius 3 is 2.33 bits per heavy atom. The lowest BCUT2D eigenvalue weighted by Crippen LogP contribution is -2.15. The van der Waals surface area contributed by atoms with Crippen LogP contribution in [0.1, 0.15) is 20.3 Å². The quantitative estimate of drug-likeness (QED) is 0.522. The molecular formula is C8H18N-. The molecule has 0 bridgehead atoms. The fourth-order valence-electron chi connectivity index (χ4n) is 0.629. The van der Waals surface area contributed by atoms with Gasteiger partial charge in [0.15, 0.2) is 0 Å². The largest absolute Gasteiger partial charge is 0.329 e. The minimum atomic E-state index is 0.771. The molecule has 0 aromatic heterocycles. The van der Waals surface area contributed by atoms with E-state index in [2.05, 4.69) is 39.3 Å². The molecule has 56 valence electrons. The summed E-state index contributed by atoms with van der Waals surface area (Å²) in [4.78, 5) is 2.22. The van der Waals surface area contributed by atoms with E-state index in [1.54, 1.807) is 0 Å². The first kappa shape index (κ1) is 8.96. The van der Waals surface area contributed by atoms with Crippen LogP contribution in [0.5, 0.6) is 0 Å². The Hall–Kier alpha value is -0.0400. The average Bonchev–Trinajstić information content (AvgIpc) is 1.83. The van der Waals surface area contributed by atoms with Crippen molar-refractivity contribution in [2.45, 2.75) is 20.3 Å². The molecule has 1 nitrogen and oxygen atoms in total. The molecule has 1 atom stereocenters. The van der Waals surface area contributed by atoms with Crippen LogP contribution in [0.2, 0.25) is 0 Å².